The second-order valence-electron chi connectivity index (χ2n) is 5.65. The zero-order valence-electron chi connectivity index (χ0n) is 13.9. The van der Waals surface area contributed by atoms with Crippen LogP contribution >= 0.6 is 0 Å². The molecule has 0 heterocycles. The molecule has 0 fully saturated rings. The van der Waals surface area contributed by atoms with Crippen molar-refractivity contribution in [1.29, 1.82) is 0 Å². The van der Waals surface area contributed by atoms with Gasteiger partial charge in [0.1, 0.15) is 0 Å². The van der Waals surface area contributed by atoms with Crippen molar-refractivity contribution in [3.05, 3.63) is 54.6 Å². The smallest absolute Gasteiger partial charge is 0.243 e. The van der Waals surface area contributed by atoms with Crippen LogP contribution in [-0.2, 0) is 10.0 Å². The highest BCUT2D eigenvalue weighted by atomic mass is 32.2. The normalized spacial score (nSPS) is 13.2. The molecule has 0 spiro atoms. The minimum atomic E-state index is -3.46. The van der Waals surface area contributed by atoms with Gasteiger partial charge in [-0.25, -0.2) is 8.42 Å². The molecule has 23 heavy (non-hydrogen) atoms. The summed E-state index contributed by atoms with van der Waals surface area (Å²) < 4.78 is 26.8. The number of sulfonamides is 1. The van der Waals surface area contributed by atoms with Crippen LogP contribution in [0.15, 0.2) is 59.5 Å². The Labute approximate surface area is 139 Å². The van der Waals surface area contributed by atoms with Crippen LogP contribution in [0.3, 0.4) is 0 Å². The number of rotatable bonds is 7. The van der Waals surface area contributed by atoms with E-state index < -0.39 is 10.0 Å². The molecule has 1 unspecified atom stereocenters. The summed E-state index contributed by atoms with van der Waals surface area (Å²) in [5.74, 6) is 0. The van der Waals surface area contributed by atoms with Crippen molar-refractivity contribution in [2.45, 2.75) is 24.3 Å². The van der Waals surface area contributed by atoms with Crippen LogP contribution in [-0.4, -0.2) is 39.4 Å². The highest BCUT2D eigenvalue weighted by molar-refractivity contribution is 7.89. The molecule has 0 aromatic heterocycles. The van der Waals surface area contributed by atoms with Gasteiger partial charge in [-0.15, -0.1) is 0 Å². The molecular formula is C18H24N2O2S. The average Bonchev–Trinajstić information content (AvgIpc) is 2.59. The second-order valence-corrected chi connectivity index (χ2v) is 7.65. The lowest BCUT2D eigenvalue weighted by molar-refractivity contribution is 0.368. The van der Waals surface area contributed by atoms with Crippen molar-refractivity contribution in [2.75, 3.05) is 20.6 Å². The van der Waals surface area contributed by atoms with Crippen LogP contribution in [0.4, 0.5) is 0 Å². The summed E-state index contributed by atoms with van der Waals surface area (Å²) in [5, 5.41) is 3.05. The van der Waals surface area contributed by atoms with Crippen molar-refractivity contribution in [2.24, 2.45) is 0 Å². The molecule has 0 amide bonds. The lowest BCUT2D eigenvalue weighted by Gasteiger charge is -2.24. The third-order valence-corrected chi connectivity index (χ3v) is 6.06. The summed E-state index contributed by atoms with van der Waals surface area (Å²) in [5.41, 5.74) is 2.09. The van der Waals surface area contributed by atoms with Crippen molar-refractivity contribution >= 4 is 10.0 Å². The van der Waals surface area contributed by atoms with E-state index in [0.29, 0.717) is 4.90 Å². The lowest BCUT2D eigenvalue weighted by atomic mass is 10.1. The Morgan fingerprint density at radius 3 is 2.13 bits per heavy atom. The molecular weight excluding hydrogens is 308 g/mol. The summed E-state index contributed by atoms with van der Waals surface area (Å²) in [6, 6.07) is 16.9. The second kappa shape index (κ2) is 7.73. The molecule has 1 atom stereocenters. The molecule has 2 aromatic rings. The minimum absolute atomic E-state index is 0.0544. The number of benzene rings is 2. The van der Waals surface area contributed by atoms with Gasteiger partial charge < -0.3 is 5.32 Å². The quantitative estimate of drug-likeness (QED) is 0.848. The first-order valence-electron chi connectivity index (χ1n) is 7.75. The molecule has 5 heteroatoms. The maximum atomic E-state index is 12.7. The van der Waals surface area contributed by atoms with Gasteiger partial charge in [-0.1, -0.05) is 42.5 Å². The van der Waals surface area contributed by atoms with Gasteiger partial charge in [-0.2, -0.15) is 4.31 Å². The van der Waals surface area contributed by atoms with Gasteiger partial charge in [0.2, 0.25) is 10.0 Å². The van der Waals surface area contributed by atoms with E-state index in [-0.39, 0.29) is 6.04 Å². The van der Waals surface area contributed by atoms with Gasteiger partial charge in [-0.3, -0.25) is 0 Å². The Morgan fingerprint density at radius 1 is 1.00 bits per heavy atom. The Hall–Kier alpha value is -1.69. The molecule has 0 radical (unpaired) electrons. The summed E-state index contributed by atoms with van der Waals surface area (Å²) in [7, 11) is 0.0422. The van der Waals surface area contributed by atoms with E-state index in [4.69, 9.17) is 0 Å². The average molecular weight is 332 g/mol. The van der Waals surface area contributed by atoms with Gasteiger partial charge in [-0.05, 0) is 50.2 Å². The number of nitrogens with zero attached hydrogens (tertiary/aromatic N) is 1. The zero-order chi connectivity index (χ0) is 16.9. The van der Waals surface area contributed by atoms with Gasteiger partial charge in [0.05, 0.1) is 4.90 Å². The van der Waals surface area contributed by atoms with Crippen LogP contribution in [0.2, 0.25) is 0 Å². The molecule has 0 saturated heterocycles. The molecule has 124 valence electrons. The molecule has 2 rings (SSSR count). The topological polar surface area (TPSA) is 49.4 Å². The van der Waals surface area contributed by atoms with Crippen LogP contribution in [0.1, 0.15) is 13.3 Å². The highest BCUT2D eigenvalue weighted by Gasteiger charge is 2.24. The molecule has 2 aromatic carbocycles. The van der Waals surface area contributed by atoms with Crippen molar-refractivity contribution < 1.29 is 8.42 Å². The summed E-state index contributed by atoms with van der Waals surface area (Å²) in [6.45, 7) is 2.71. The number of hydrogen-bond acceptors (Lipinski definition) is 3. The van der Waals surface area contributed by atoms with Crippen LogP contribution in [0.5, 0.6) is 0 Å². The molecule has 0 aliphatic carbocycles. The van der Waals surface area contributed by atoms with Crippen LogP contribution < -0.4 is 5.32 Å². The predicted octanol–water partition coefficient (Wildman–Crippen LogP) is 2.97. The molecule has 0 bridgehead atoms. The third kappa shape index (κ3) is 4.19. The standard InChI is InChI=1S/C18H24N2O2S/c1-15(13-14-19-2)20(3)23(21,22)18-11-9-17(10-12-18)16-7-5-4-6-8-16/h4-12,15,19H,13-14H2,1-3H3. The van der Waals surface area contributed by atoms with E-state index in [9.17, 15) is 8.42 Å². The van der Waals surface area contributed by atoms with Crippen LogP contribution in [0, 0.1) is 0 Å². The Bertz CT molecular complexity index is 712. The summed E-state index contributed by atoms with van der Waals surface area (Å²) in [6.07, 6.45) is 0.772. The first-order chi connectivity index (χ1) is 11.0. The fourth-order valence-corrected chi connectivity index (χ4v) is 3.78. The lowest BCUT2D eigenvalue weighted by Crippen LogP contribution is -2.36. The third-order valence-electron chi connectivity index (χ3n) is 4.07. The van der Waals surface area contributed by atoms with Gasteiger partial charge >= 0.3 is 0 Å². The molecule has 0 saturated carbocycles. The fourth-order valence-electron chi connectivity index (χ4n) is 2.39. The van der Waals surface area contributed by atoms with E-state index >= 15 is 0 Å². The summed E-state index contributed by atoms with van der Waals surface area (Å²) in [4.78, 5) is 0.330. The van der Waals surface area contributed by atoms with E-state index in [1.165, 1.54) is 4.31 Å². The fraction of sp³-hybridized carbons (Fsp3) is 0.333. The number of nitrogens with one attached hydrogen (secondary N) is 1. The van der Waals surface area contributed by atoms with Crippen molar-refractivity contribution in [3.63, 3.8) is 0 Å². The Kier molecular flexibility index (Phi) is 5.93. The molecule has 0 aliphatic heterocycles. The van der Waals surface area contributed by atoms with Crippen molar-refractivity contribution in [3.8, 4) is 11.1 Å². The SMILES string of the molecule is CNCCC(C)N(C)S(=O)(=O)c1ccc(-c2ccccc2)cc1. The monoisotopic (exact) mass is 332 g/mol. The van der Waals surface area contributed by atoms with E-state index in [2.05, 4.69) is 5.32 Å². The summed E-state index contributed by atoms with van der Waals surface area (Å²) >= 11 is 0. The van der Waals surface area contributed by atoms with Crippen LogP contribution in [0.25, 0.3) is 11.1 Å². The van der Waals surface area contributed by atoms with Gasteiger partial charge in [0.15, 0.2) is 0 Å². The maximum absolute atomic E-state index is 12.7. The Morgan fingerprint density at radius 2 is 1.57 bits per heavy atom. The molecule has 4 nitrogen and oxygen atoms in total. The first kappa shape index (κ1) is 17.7. The maximum Gasteiger partial charge on any atom is 0.243 e. The van der Waals surface area contributed by atoms with E-state index in [1.54, 1.807) is 19.2 Å². The largest absolute Gasteiger partial charge is 0.320 e. The minimum Gasteiger partial charge on any atom is -0.320 e. The predicted molar refractivity (Wildman–Crippen MR) is 94.8 cm³/mol. The first-order valence-corrected chi connectivity index (χ1v) is 9.19. The zero-order valence-corrected chi connectivity index (χ0v) is 14.7. The van der Waals surface area contributed by atoms with Crippen molar-refractivity contribution in [1.82, 2.24) is 9.62 Å². The molecule has 1 N–H and O–H groups in total. The highest BCUT2D eigenvalue weighted by Crippen LogP contribution is 2.23. The van der Waals surface area contributed by atoms with E-state index in [0.717, 1.165) is 24.1 Å². The van der Waals surface area contributed by atoms with Gasteiger partial charge in [0.25, 0.3) is 0 Å². The van der Waals surface area contributed by atoms with E-state index in [1.807, 2.05) is 56.4 Å². The van der Waals surface area contributed by atoms with Gasteiger partial charge in [0, 0.05) is 13.1 Å². The Balaban J connectivity index is 2.20. The molecule has 0 aliphatic rings. The number of hydrogen-bond donors (Lipinski definition) is 1.